The van der Waals surface area contributed by atoms with Crippen LogP contribution < -0.4 is 0 Å². The summed E-state index contributed by atoms with van der Waals surface area (Å²) in [5.74, 6) is -1.31. The van der Waals surface area contributed by atoms with Gasteiger partial charge in [-0.3, -0.25) is 9.59 Å². The standard InChI is InChI=1S/C28H41NO8/c1-8-9-20-25(32)17(3)34-11-10-28(7)23(37-28)13-21(16(2)12-19-15-35-18(4)29-19)36-24(31)14-22(30)27(5,6)26(20)33/h8,12,15,17,20-23,25,30,32H,1,9-11,13-14H2,2-7H3/t17-,20-,21+,22+,23+,25-,28-/m1/s1. The maximum atomic E-state index is 13.5. The van der Waals surface area contributed by atoms with Crippen LogP contribution in [0.25, 0.3) is 6.08 Å². The number of aromatic nitrogens is 1. The first kappa shape index (κ1) is 29.2. The number of aryl methyl sites for hydroxylation is 1. The second kappa shape index (κ2) is 11.6. The molecular formula is C28H41NO8. The van der Waals surface area contributed by atoms with E-state index in [1.54, 1.807) is 39.8 Å². The number of aliphatic hydroxyl groups is 2. The normalized spacial score (nSPS) is 35.9. The van der Waals surface area contributed by atoms with E-state index in [4.69, 9.17) is 18.6 Å². The molecule has 7 atom stereocenters. The van der Waals surface area contributed by atoms with E-state index < -0.39 is 47.3 Å². The smallest absolute Gasteiger partial charge is 0.309 e. The summed E-state index contributed by atoms with van der Waals surface area (Å²) in [7, 11) is 0. The maximum Gasteiger partial charge on any atom is 0.309 e. The highest BCUT2D eigenvalue weighted by Crippen LogP contribution is 2.43. The Morgan fingerprint density at radius 3 is 2.59 bits per heavy atom. The number of ether oxygens (including phenoxy) is 3. The molecule has 1 aromatic heterocycles. The molecule has 2 aliphatic rings. The number of carbonyl (C=O) groups is 2. The summed E-state index contributed by atoms with van der Waals surface area (Å²) in [6.07, 6.45) is 1.89. The molecular weight excluding hydrogens is 478 g/mol. The molecule has 0 unspecified atom stereocenters. The van der Waals surface area contributed by atoms with Crippen molar-refractivity contribution in [3.05, 3.63) is 36.1 Å². The summed E-state index contributed by atoms with van der Waals surface area (Å²) in [5, 5.41) is 21.9. The molecule has 0 spiro atoms. The molecule has 37 heavy (non-hydrogen) atoms. The molecule has 2 saturated heterocycles. The van der Waals surface area contributed by atoms with Crippen LogP contribution >= 0.6 is 0 Å². The Balaban J connectivity index is 1.88. The Kier molecular flexibility index (Phi) is 9.16. The van der Waals surface area contributed by atoms with E-state index in [-0.39, 0.29) is 24.7 Å². The van der Waals surface area contributed by atoms with Crippen molar-refractivity contribution in [1.29, 1.82) is 0 Å². The molecule has 3 heterocycles. The fourth-order valence-corrected chi connectivity index (χ4v) is 4.82. The zero-order chi connectivity index (χ0) is 27.5. The first-order valence-corrected chi connectivity index (χ1v) is 12.9. The Labute approximate surface area is 218 Å². The van der Waals surface area contributed by atoms with Gasteiger partial charge in [-0.1, -0.05) is 19.9 Å². The summed E-state index contributed by atoms with van der Waals surface area (Å²) in [5.41, 5.74) is -0.417. The van der Waals surface area contributed by atoms with Crippen molar-refractivity contribution in [1.82, 2.24) is 4.98 Å². The lowest BCUT2D eigenvalue weighted by Gasteiger charge is -2.35. The van der Waals surface area contributed by atoms with E-state index in [1.165, 1.54) is 6.26 Å². The Hall–Kier alpha value is -2.33. The highest BCUT2D eigenvalue weighted by atomic mass is 16.6. The lowest BCUT2D eigenvalue weighted by Crippen LogP contribution is -2.48. The molecule has 3 rings (SSSR count). The summed E-state index contributed by atoms with van der Waals surface area (Å²) >= 11 is 0. The van der Waals surface area contributed by atoms with Crippen LogP contribution in [0, 0.1) is 18.3 Å². The fraction of sp³-hybridized carbons (Fsp3) is 0.679. The average molecular weight is 520 g/mol. The van der Waals surface area contributed by atoms with E-state index in [2.05, 4.69) is 11.6 Å². The third-order valence-corrected chi connectivity index (χ3v) is 7.72. The maximum absolute atomic E-state index is 13.5. The van der Waals surface area contributed by atoms with Gasteiger partial charge in [0.05, 0.1) is 47.8 Å². The number of hydrogen-bond donors (Lipinski definition) is 2. The number of esters is 1. The summed E-state index contributed by atoms with van der Waals surface area (Å²) < 4.78 is 23.0. The topological polar surface area (TPSA) is 132 Å². The van der Waals surface area contributed by atoms with Crippen LogP contribution in [0.5, 0.6) is 0 Å². The number of cyclic esters (lactones) is 1. The van der Waals surface area contributed by atoms with Crippen LogP contribution in [0.2, 0.25) is 0 Å². The van der Waals surface area contributed by atoms with Gasteiger partial charge in [0.2, 0.25) is 0 Å². The van der Waals surface area contributed by atoms with Crippen molar-refractivity contribution < 1.29 is 38.4 Å². The monoisotopic (exact) mass is 519 g/mol. The fourth-order valence-electron chi connectivity index (χ4n) is 4.82. The molecule has 2 aliphatic heterocycles. The molecule has 0 amide bonds. The Bertz CT molecular complexity index is 1010. The third kappa shape index (κ3) is 6.96. The van der Waals surface area contributed by atoms with E-state index in [0.717, 1.165) is 5.57 Å². The van der Waals surface area contributed by atoms with Crippen molar-refractivity contribution in [3.8, 4) is 0 Å². The summed E-state index contributed by atoms with van der Waals surface area (Å²) in [6, 6.07) is 0. The quantitative estimate of drug-likeness (QED) is 0.348. The number of oxazole rings is 1. The molecule has 2 fully saturated rings. The Morgan fingerprint density at radius 1 is 1.27 bits per heavy atom. The SMILES string of the molecule is C=CC[C@H]1C(=O)C(C)(C)[C@@H](O)CC(=O)O[C@H](C(C)=Cc2coc(C)n2)C[C@@H]2O[C@]2(C)CCO[C@H](C)[C@H]1O. The van der Waals surface area contributed by atoms with E-state index in [0.29, 0.717) is 31.0 Å². The molecule has 9 heteroatoms. The molecule has 0 saturated carbocycles. The molecule has 9 nitrogen and oxygen atoms in total. The third-order valence-electron chi connectivity index (χ3n) is 7.72. The van der Waals surface area contributed by atoms with Crippen molar-refractivity contribution in [2.24, 2.45) is 11.3 Å². The van der Waals surface area contributed by atoms with Crippen molar-refractivity contribution in [3.63, 3.8) is 0 Å². The number of rotatable bonds is 4. The molecule has 0 aliphatic carbocycles. The second-order valence-electron chi connectivity index (χ2n) is 11.1. The number of allylic oxidation sites excluding steroid dienone is 1. The predicted octanol–water partition coefficient (Wildman–Crippen LogP) is 3.55. The van der Waals surface area contributed by atoms with E-state index >= 15 is 0 Å². The highest BCUT2D eigenvalue weighted by molar-refractivity contribution is 5.88. The van der Waals surface area contributed by atoms with Crippen molar-refractivity contribution >= 4 is 17.8 Å². The van der Waals surface area contributed by atoms with Gasteiger partial charge in [-0.15, -0.1) is 6.58 Å². The molecule has 1 aromatic rings. The number of nitrogens with zero attached hydrogens (tertiary/aromatic N) is 1. The van der Waals surface area contributed by atoms with E-state index in [9.17, 15) is 19.8 Å². The number of hydrogen-bond acceptors (Lipinski definition) is 9. The molecule has 206 valence electrons. The molecule has 0 aromatic carbocycles. The molecule has 0 radical (unpaired) electrons. The number of Topliss-reactive ketones (excluding diaryl/α,β-unsaturated/α-hetero) is 1. The van der Waals surface area contributed by atoms with Gasteiger partial charge in [0.15, 0.2) is 5.89 Å². The van der Waals surface area contributed by atoms with Gasteiger partial charge in [0.1, 0.15) is 23.8 Å². The second-order valence-corrected chi connectivity index (χ2v) is 11.1. The van der Waals surface area contributed by atoms with Crippen LogP contribution in [0.4, 0.5) is 0 Å². The lowest BCUT2D eigenvalue weighted by molar-refractivity contribution is -0.155. The van der Waals surface area contributed by atoms with E-state index in [1.807, 2.05) is 13.8 Å². The van der Waals surface area contributed by atoms with Crippen LogP contribution in [0.15, 0.2) is 28.9 Å². The molecule has 0 bridgehead atoms. The number of carbonyl (C=O) groups excluding carboxylic acids is 2. The first-order chi connectivity index (χ1) is 17.3. The van der Waals surface area contributed by atoms with Gasteiger partial charge in [-0.25, -0.2) is 4.98 Å². The Morgan fingerprint density at radius 2 is 1.97 bits per heavy atom. The van der Waals surface area contributed by atoms with Crippen LogP contribution in [-0.4, -0.2) is 69.7 Å². The average Bonchev–Trinajstić information content (AvgIpc) is 3.27. The van der Waals surface area contributed by atoms with Crippen LogP contribution in [-0.2, 0) is 23.8 Å². The van der Waals surface area contributed by atoms with Crippen molar-refractivity contribution in [2.75, 3.05) is 6.61 Å². The van der Waals surface area contributed by atoms with Gasteiger partial charge < -0.3 is 28.8 Å². The predicted molar refractivity (Wildman–Crippen MR) is 136 cm³/mol. The van der Waals surface area contributed by atoms with Gasteiger partial charge >= 0.3 is 5.97 Å². The number of aliphatic hydroxyl groups excluding tert-OH is 2. The van der Waals surface area contributed by atoms with Gasteiger partial charge in [-0.05, 0) is 38.8 Å². The first-order valence-electron chi connectivity index (χ1n) is 12.9. The minimum atomic E-state index is -1.32. The molecule has 2 N–H and O–H groups in total. The lowest BCUT2D eigenvalue weighted by atomic mass is 9.72. The number of ketones is 1. The van der Waals surface area contributed by atoms with Gasteiger partial charge in [0.25, 0.3) is 0 Å². The highest BCUT2D eigenvalue weighted by Gasteiger charge is 2.53. The number of fused-ring (bicyclic) bond motifs is 1. The zero-order valence-electron chi connectivity index (χ0n) is 22.7. The minimum absolute atomic E-state index is 0.166. The van der Waals surface area contributed by atoms with Crippen LogP contribution in [0.3, 0.4) is 0 Å². The number of epoxide rings is 1. The summed E-state index contributed by atoms with van der Waals surface area (Å²) in [6.45, 7) is 14.5. The van der Waals surface area contributed by atoms with Crippen molar-refractivity contribution in [2.45, 2.75) is 103 Å². The van der Waals surface area contributed by atoms with Gasteiger partial charge in [0, 0.05) is 26.4 Å². The summed E-state index contributed by atoms with van der Waals surface area (Å²) in [4.78, 5) is 30.8. The van der Waals surface area contributed by atoms with Crippen LogP contribution in [0.1, 0.15) is 71.9 Å². The zero-order valence-corrected chi connectivity index (χ0v) is 22.7. The van der Waals surface area contributed by atoms with Gasteiger partial charge in [-0.2, -0.15) is 0 Å². The largest absolute Gasteiger partial charge is 0.458 e. The minimum Gasteiger partial charge on any atom is -0.458 e.